The van der Waals surface area contributed by atoms with Crippen molar-refractivity contribution in [3.05, 3.63) is 12.7 Å². The molecule has 5 atom stereocenters. The number of rotatable bonds is 14. The Bertz CT molecular complexity index is 1260. The number of ketones is 1. The van der Waals surface area contributed by atoms with Crippen LogP contribution in [0.3, 0.4) is 0 Å². The fourth-order valence-corrected chi connectivity index (χ4v) is 6.13. The Labute approximate surface area is 284 Å². The van der Waals surface area contributed by atoms with Crippen molar-refractivity contribution < 1.29 is 33.6 Å². The summed E-state index contributed by atoms with van der Waals surface area (Å²) in [5.41, 5.74) is -1.29. The Morgan fingerprint density at radius 3 is 2.02 bits per heavy atom. The number of carbonyl (C=O) groups excluding carboxylic acids is 7. The number of likely N-dealkylation sites (tertiary alicyclic amines) is 2. The molecule has 2 aliphatic heterocycles. The van der Waals surface area contributed by atoms with Crippen molar-refractivity contribution >= 4 is 41.4 Å². The monoisotopic (exact) mass is 672 g/mol. The molecule has 1 aliphatic carbocycles. The van der Waals surface area contributed by atoms with E-state index in [2.05, 4.69) is 27.8 Å². The molecule has 0 spiro atoms. The standard InChI is InChI=1S/C35H56N6O7/c1-10-15-36-31(46)28(44)23(16-21-11-12-21)37-30(45)24-17-22(20(2)3)18-40(24)32(47)29(35(7,8)9)39-33(48)38-25(34(4,5)6)19-41-26(42)13-14-27(41)43/h10,20-25,29H,1,11-19H2,2-9H3,(H,36,46)(H,37,45)(H2,38,39,48)/t22-,23?,24+,25-,29-/m1/s1. The number of Topliss-reactive ketones (excluding diaryl/α,β-unsaturated/α-hetero) is 1. The zero-order valence-electron chi connectivity index (χ0n) is 29.9. The average molecular weight is 673 g/mol. The van der Waals surface area contributed by atoms with Gasteiger partial charge in [-0.05, 0) is 41.4 Å². The van der Waals surface area contributed by atoms with Crippen LogP contribution in [-0.4, -0.2) is 95.0 Å². The second kappa shape index (κ2) is 15.6. The topological polar surface area (TPSA) is 174 Å². The largest absolute Gasteiger partial charge is 0.346 e. The zero-order chi connectivity index (χ0) is 36.1. The van der Waals surface area contributed by atoms with Gasteiger partial charge in [0.2, 0.25) is 29.4 Å². The summed E-state index contributed by atoms with van der Waals surface area (Å²) in [6.07, 6.45) is 4.29. The molecule has 1 unspecified atom stereocenters. The summed E-state index contributed by atoms with van der Waals surface area (Å²) in [5.74, 6) is -2.65. The zero-order valence-corrected chi connectivity index (χ0v) is 29.9. The first kappa shape index (κ1) is 38.7. The van der Waals surface area contributed by atoms with E-state index in [1.54, 1.807) is 0 Å². The van der Waals surface area contributed by atoms with E-state index in [9.17, 15) is 33.6 Å². The quantitative estimate of drug-likeness (QED) is 0.124. The first-order chi connectivity index (χ1) is 22.2. The Kier molecular flexibility index (Phi) is 12.6. The van der Waals surface area contributed by atoms with Gasteiger partial charge in [-0.1, -0.05) is 74.3 Å². The highest BCUT2D eigenvalue weighted by Crippen LogP contribution is 2.35. The molecule has 3 aliphatic rings. The van der Waals surface area contributed by atoms with Gasteiger partial charge in [0.05, 0.1) is 12.1 Å². The molecule has 7 amide bonds. The molecule has 48 heavy (non-hydrogen) atoms. The van der Waals surface area contributed by atoms with Crippen LogP contribution >= 0.6 is 0 Å². The number of urea groups is 1. The molecule has 2 heterocycles. The van der Waals surface area contributed by atoms with Crippen molar-refractivity contribution in [3.63, 3.8) is 0 Å². The number of amides is 7. The van der Waals surface area contributed by atoms with Crippen LogP contribution < -0.4 is 21.3 Å². The maximum Gasteiger partial charge on any atom is 0.315 e. The van der Waals surface area contributed by atoms with Gasteiger partial charge in [0.1, 0.15) is 12.1 Å². The van der Waals surface area contributed by atoms with E-state index < -0.39 is 64.5 Å². The summed E-state index contributed by atoms with van der Waals surface area (Å²) < 4.78 is 0. The second-order valence-corrected chi connectivity index (χ2v) is 16.1. The van der Waals surface area contributed by atoms with Crippen LogP contribution in [0.15, 0.2) is 12.7 Å². The molecule has 1 saturated carbocycles. The van der Waals surface area contributed by atoms with Crippen molar-refractivity contribution in [3.8, 4) is 0 Å². The van der Waals surface area contributed by atoms with Gasteiger partial charge in [-0.2, -0.15) is 0 Å². The molecule has 13 nitrogen and oxygen atoms in total. The molecule has 0 radical (unpaired) electrons. The lowest BCUT2D eigenvalue weighted by Gasteiger charge is -2.37. The maximum absolute atomic E-state index is 14.4. The molecule has 0 aromatic heterocycles. The highest BCUT2D eigenvalue weighted by atomic mass is 16.2. The predicted octanol–water partition coefficient (Wildman–Crippen LogP) is 2.29. The van der Waals surface area contributed by atoms with Crippen LogP contribution in [-0.2, 0) is 28.8 Å². The first-order valence-electron chi connectivity index (χ1n) is 17.2. The number of carbonyl (C=O) groups is 7. The predicted molar refractivity (Wildman–Crippen MR) is 180 cm³/mol. The average Bonchev–Trinajstić information content (AvgIpc) is 3.59. The van der Waals surface area contributed by atoms with Crippen LogP contribution in [0.2, 0.25) is 0 Å². The van der Waals surface area contributed by atoms with Gasteiger partial charge in [-0.15, -0.1) is 6.58 Å². The third-order valence-corrected chi connectivity index (χ3v) is 9.65. The van der Waals surface area contributed by atoms with Crippen LogP contribution in [0, 0.1) is 28.6 Å². The van der Waals surface area contributed by atoms with E-state index in [1.807, 2.05) is 55.4 Å². The molecule has 3 rings (SSSR count). The second-order valence-electron chi connectivity index (χ2n) is 16.1. The third-order valence-electron chi connectivity index (χ3n) is 9.65. The fraction of sp³-hybridized carbons (Fsp3) is 0.743. The molecule has 13 heteroatoms. The van der Waals surface area contributed by atoms with Gasteiger partial charge < -0.3 is 26.2 Å². The molecular weight excluding hydrogens is 616 g/mol. The molecule has 0 aromatic rings. The van der Waals surface area contributed by atoms with Crippen LogP contribution in [0.1, 0.15) is 93.9 Å². The van der Waals surface area contributed by atoms with E-state index in [0.29, 0.717) is 12.8 Å². The van der Waals surface area contributed by atoms with Crippen molar-refractivity contribution in [2.45, 2.75) is 118 Å². The summed E-state index contributed by atoms with van der Waals surface area (Å²) in [7, 11) is 0. The Morgan fingerprint density at radius 1 is 0.917 bits per heavy atom. The van der Waals surface area contributed by atoms with Gasteiger partial charge in [0, 0.05) is 32.5 Å². The molecular formula is C35H56N6O7. The Morgan fingerprint density at radius 2 is 1.52 bits per heavy atom. The molecule has 0 bridgehead atoms. The molecule has 268 valence electrons. The molecule has 0 aromatic carbocycles. The first-order valence-corrected chi connectivity index (χ1v) is 17.2. The summed E-state index contributed by atoms with van der Waals surface area (Å²) in [4.78, 5) is 94.7. The van der Waals surface area contributed by atoms with E-state index in [-0.39, 0.29) is 62.0 Å². The van der Waals surface area contributed by atoms with E-state index in [4.69, 9.17) is 0 Å². The molecule has 3 fully saturated rings. The lowest BCUT2D eigenvalue weighted by molar-refractivity contribution is -0.143. The normalized spacial score (nSPS) is 21.9. The summed E-state index contributed by atoms with van der Waals surface area (Å²) >= 11 is 0. The van der Waals surface area contributed by atoms with Gasteiger partial charge >= 0.3 is 6.03 Å². The van der Waals surface area contributed by atoms with Crippen molar-refractivity contribution in [2.75, 3.05) is 19.6 Å². The number of hydrogen-bond acceptors (Lipinski definition) is 7. The summed E-state index contributed by atoms with van der Waals surface area (Å²) in [6.45, 7) is 19.1. The minimum atomic E-state index is -1.04. The highest BCUT2D eigenvalue weighted by Gasteiger charge is 2.47. The SMILES string of the molecule is C=CCNC(=O)C(=O)C(CC1CC1)NC(=O)[C@@H]1C[C@@H](C(C)C)CN1C(=O)[C@@H](NC(=O)N[C@H](CN1C(=O)CCC1=O)C(C)(C)C)C(C)(C)C. The van der Waals surface area contributed by atoms with Crippen LogP contribution in [0.4, 0.5) is 4.79 Å². The number of imide groups is 1. The van der Waals surface area contributed by atoms with Gasteiger partial charge in [-0.3, -0.25) is 33.7 Å². The minimum absolute atomic E-state index is 0.00609. The third kappa shape index (κ3) is 10.1. The number of nitrogens with one attached hydrogen (secondary N) is 4. The van der Waals surface area contributed by atoms with Crippen molar-refractivity contribution in [1.29, 1.82) is 0 Å². The van der Waals surface area contributed by atoms with E-state index in [0.717, 1.165) is 12.8 Å². The van der Waals surface area contributed by atoms with E-state index >= 15 is 0 Å². The van der Waals surface area contributed by atoms with Gasteiger partial charge in [-0.25, -0.2) is 4.79 Å². The molecule has 4 N–H and O–H groups in total. The van der Waals surface area contributed by atoms with Gasteiger partial charge in [0.25, 0.3) is 5.91 Å². The van der Waals surface area contributed by atoms with Gasteiger partial charge in [0.15, 0.2) is 0 Å². The molecule has 2 saturated heterocycles. The Hall–Kier alpha value is -3.77. The minimum Gasteiger partial charge on any atom is -0.346 e. The van der Waals surface area contributed by atoms with Crippen LogP contribution in [0.25, 0.3) is 0 Å². The number of hydrogen-bond donors (Lipinski definition) is 4. The van der Waals surface area contributed by atoms with Crippen molar-refractivity contribution in [2.24, 2.45) is 28.6 Å². The van der Waals surface area contributed by atoms with Crippen molar-refractivity contribution in [1.82, 2.24) is 31.1 Å². The summed E-state index contributed by atoms with van der Waals surface area (Å²) in [5, 5.41) is 11.0. The lowest BCUT2D eigenvalue weighted by Crippen LogP contribution is -2.62. The Balaban J connectivity index is 1.81. The highest BCUT2D eigenvalue weighted by molar-refractivity contribution is 6.38. The fourth-order valence-electron chi connectivity index (χ4n) is 6.13. The lowest BCUT2D eigenvalue weighted by atomic mass is 9.85. The number of nitrogens with zero attached hydrogens (tertiary/aromatic N) is 2. The van der Waals surface area contributed by atoms with Crippen LogP contribution in [0.5, 0.6) is 0 Å². The van der Waals surface area contributed by atoms with E-state index in [1.165, 1.54) is 15.9 Å². The summed E-state index contributed by atoms with van der Waals surface area (Å²) in [6, 6.07) is -4.19. The smallest absolute Gasteiger partial charge is 0.315 e. The maximum atomic E-state index is 14.4.